The summed E-state index contributed by atoms with van der Waals surface area (Å²) < 4.78 is 0. The fraction of sp³-hybridized carbons (Fsp3) is 0.640. The minimum absolute atomic E-state index is 0.0114. The quantitative estimate of drug-likeness (QED) is 0.255. The predicted octanol–water partition coefficient (Wildman–Crippen LogP) is 1.07. The molecule has 0 aromatic rings. The Hall–Kier alpha value is -3.37. The van der Waals surface area contributed by atoms with Gasteiger partial charge in [-0.1, -0.05) is 66.2 Å². The number of aliphatic carboxylic acids is 1. The molecular weight excluding hydrogens is 466 g/mol. The highest BCUT2D eigenvalue weighted by molar-refractivity contribution is 5.94. The molecule has 0 radical (unpaired) electrons. The van der Waals surface area contributed by atoms with Crippen LogP contribution in [0.1, 0.15) is 54.4 Å². The van der Waals surface area contributed by atoms with Gasteiger partial charge in [-0.25, -0.2) is 9.59 Å². The number of carboxylic acid groups (broad SMARTS) is 1. The maximum absolute atomic E-state index is 13.2. The maximum Gasteiger partial charge on any atom is 0.326 e. The predicted molar refractivity (Wildman–Crippen MR) is 136 cm³/mol. The lowest BCUT2D eigenvalue weighted by Crippen LogP contribution is -2.59. The van der Waals surface area contributed by atoms with Gasteiger partial charge in [0.25, 0.3) is 0 Å². The number of urea groups is 1. The van der Waals surface area contributed by atoms with Gasteiger partial charge in [0.1, 0.15) is 18.1 Å². The molecule has 0 aliphatic carbocycles. The minimum Gasteiger partial charge on any atom is -0.480 e. The summed E-state index contributed by atoms with van der Waals surface area (Å²) >= 11 is 0. The van der Waals surface area contributed by atoms with Crippen LogP contribution >= 0.6 is 0 Å². The Morgan fingerprint density at radius 1 is 1.06 bits per heavy atom. The van der Waals surface area contributed by atoms with Gasteiger partial charge in [0.05, 0.1) is 0 Å². The smallest absolute Gasteiger partial charge is 0.326 e. The summed E-state index contributed by atoms with van der Waals surface area (Å²) in [6.07, 6.45) is 7.25. The van der Waals surface area contributed by atoms with Gasteiger partial charge in [0.15, 0.2) is 0 Å². The zero-order valence-electron chi connectivity index (χ0n) is 22.0. The van der Waals surface area contributed by atoms with Crippen LogP contribution in [0.3, 0.4) is 0 Å². The second-order valence-electron chi connectivity index (χ2n) is 9.67. The van der Waals surface area contributed by atoms with Crippen molar-refractivity contribution in [1.29, 1.82) is 0 Å². The van der Waals surface area contributed by atoms with E-state index in [4.69, 9.17) is 0 Å². The Balaban J connectivity index is 3.08. The van der Waals surface area contributed by atoms with Crippen molar-refractivity contribution in [1.82, 2.24) is 26.6 Å². The summed E-state index contributed by atoms with van der Waals surface area (Å²) in [4.78, 5) is 62.2. The first-order valence-electron chi connectivity index (χ1n) is 12.4. The molecule has 5 atom stereocenters. The van der Waals surface area contributed by atoms with E-state index in [1.54, 1.807) is 39.0 Å². The molecule has 1 rings (SSSR count). The van der Waals surface area contributed by atoms with Gasteiger partial charge in [-0.15, -0.1) is 0 Å². The molecule has 0 bridgehead atoms. The molecule has 1 aliphatic heterocycles. The average molecular weight is 508 g/mol. The van der Waals surface area contributed by atoms with Crippen molar-refractivity contribution >= 4 is 29.7 Å². The first-order chi connectivity index (χ1) is 16.9. The Morgan fingerprint density at radius 3 is 2.25 bits per heavy atom. The van der Waals surface area contributed by atoms with E-state index in [0.717, 1.165) is 0 Å². The number of carbonyl (C=O) groups is 5. The van der Waals surface area contributed by atoms with Crippen molar-refractivity contribution in [3.63, 3.8) is 0 Å². The molecule has 11 heteroatoms. The van der Waals surface area contributed by atoms with E-state index in [1.807, 2.05) is 20.8 Å². The molecule has 5 amide bonds. The molecule has 0 saturated carbocycles. The van der Waals surface area contributed by atoms with Crippen LogP contribution < -0.4 is 26.6 Å². The van der Waals surface area contributed by atoms with Crippen molar-refractivity contribution in [3.8, 4) is 0 Å². The SMILES string of the molecule is CCC(C)C(NC(=O)NC(C(=O)O)C(C)C)C(=O)NC1/C=C/CCNC(=O)/C=C/C(C(C)C)NC1=O. The third-order valence-corrected chi connectivity index (χ3v) is 6.00. The number of carboxylic acids is 1. The summed E-state index contributed by atoms with van der Waals surface area (Å²) in [6.45, 7) is 11.1. The highest BCUT2D eigenvalue weighted by Crippen LogP contribution is 2.10. The van der Waals surface area contributed by atoms with Crippen LogP contribution in [0.2, 0.25) is 0 Å². The molecule has 11 nitrogen and oxygen atoms in total. The molecule has 202 valence electrons. The summed E-state index contributed by atoms with van der Waals surface area (Å²) in [7, 11) is 0. The number of amides is 5. The first-order valence-corrected chi connectivity index (χ1v) is 12.4. The van der Waals surface area contributed by atoms with Crippen LogP contribution in [0.15, 0.2) is 24.3 Å². The maximum atomic E-state index is 13.2. The fourth-order valence-corrected chi connectivity index (χ4v) is 3.44. The van der Waals surface area contributed by atoms with E-state index >= 15 is 0 Å². The van der Waals surface area contributed by atoms with Crippen LogP contribution in [0.4, 0.5) is 4.79 Å². The highest BCUT2D eigenvalue weighted by atomic mass is 16.4. The summed E-state index contributed by atoms with van der Waals surface area (Å²) in [5.41, 5.74) is 0. The molecule has 0 aromatic heterocycles. The van der Waals surface area contributed by atoms with Crippen LogP contribution in [-0.2, 0) is 19.2 Å². The third kappa shape index (κ3) is 10.1. The standard InChI is InChI=1S/C25H41N5O6/c1-7-16(6)21(30-25(36)29-20(15(4)5)24(34)35)23(33)28-18-10-8-9-13-26-19(31)12-11-17(14(2)3)27-22(18)32/h8,10-12,14-18,20-21H,7,9,13H2,1-6H3,(H,26,31)(H,27,32)(H,28,33)(H,34,35)(H2,29,30,36)/b10-8+,12-11+. The second kappa shape index (κ2) is 14.9. The van der Waals surface area contributed by atoms with E-state index < -0.39 is 48.0 Å². The van der Waals surface area contributed by atoms with E-state index in [2.05, 4.69) is 26.6 Å². The molecular formula is C25H41N5O6. The third-order valence-electron chi connectivity index (χ3n) is 6.00. The summed E-state index contributed by atoms with van der Waals surface area (Å²) in [6, 6.07) is -4.35. The lowest BCUT2D eigenvalue weighted by Gasteiger charge is -2.28. The molecule has 0 fully saturated rings. The fourth-order valence-electron chi connectivity index (χ4n) is 3.44. The molecule has 1 aliphatic rings. The molecule has 0 spiro atoms. The van der Waals surface area contributed by atoms with Gasteiger partial charge in [-0.05, 0) is 24.2 Å². The van der Waals surface area contributed by atoms with E-state index in [0.29, 0.717) is 19.4 Å². The second-order valence-corrected chi connectivity index (χ2v) is 9.67. The monoisotopic (exact) mass is 507 g/mol. The van der Waals surface area contributed by atoms with Crippen LogP contribution in [0.5, 0.6) is 0 Å². The number of hydrogen-bond acceptors (Lipinski definition) is 5. The normalized spacial score (nSPS) is 23.1. The van der Waals surface area contributed by atoms with Crippen molar-refractivity contribution in [3.05, 3.63) is 24.3 Å². The lowest BCUT2D eigenvalue weighted by molar-refractivity contribution is -0.140. The average Bonchev–Trinajstić information content (AvgIpc) is 2.80. The first kappa shape index (κ1) is 30.7. The minimum atomic E-state index is -1.18. The zero-order chi connectivity index (χ0) is 27.4. The molecule has 6 N–H and O–H groups in total. The van der Waals surface area contributed by atoms with Crippen molar-refractivity contribution in [2.45, 2.75) is 78.6 Å². The van der Waals surface area contributed by atoms with E-state index in [9.17, 15) is 29.1 Å². The van der Waals surface area contributed by atoms with Crippen molar-refractivity contribution in [2.75, 3.05) is 6.54 Å². The van der Waals surface area contributed by atoms with Gasteiger partial charge >= 0.3 is 12.0 Å². The molecule has 5 unspecified atom stereocenters. The van der Waals surface area contributed by atoms with Gasteiger partial charge in [0, 0.05) is 18.7 Å². The van der Waals surface area contributed by atoms with Gasteiger partial charge in [-0.2, -0.15) is 0 Å². The van der Waals surface area contributed by atoms with E-state index in [1.165, 1.54) is 6.08 Å². The highest BCUT2D eigenvalue weighted by Gasteiger charge is 2.31. The van der Waals surface area contributed by atoms with Crippen molar-refractivity contribution in [2.24, 2.45) is 17.8 Å². The van der Waals surface area contributed by atoms with Crippen LogP contribution in [-0.4, -0.2) is 65.5 Å². The zero-order valence-corrected chi connectivity index (χ0v) is 22.0. The summed E-state index contributed by atoms with van der Waals surface area (Å²) in [5, 5.41) is 22.6. The molecule has 36 heavy (non-hydrogen) atoms. The van der Waals surface area contributed by atoms with Gasteiger partial charge in [0.2, 0.25) is 17.7 Å². The lowest BCUT2D eigenvalue weighted by atomic mass is 9.97. The molecule has 0 aromatic carbocycles. The Morgan fingerprint density at radius 2 is 1.69 bits per heavy atom. The van der Waals surface area contributed by atoms with E-state index in [-0.39, 0.29) is 23.7 Å². The number of nitrogens with one attached hydrogen (secondary N) is 5. The van der Waals surface area contributed by atoms with Gasteiger partial charge in [-0.3, -0.25) is 14.4 Å². The number of rotatable bonds is 9. The number of carbonyl (C=O) groups excluding carboxylic acids is 4. The largest absolute Gasteiger partial charge is 0.480 e. The molecule has 0 saturated heterocycles. The molecule has 1 heterocycles. The van der Waals surface area contributed by atoms with Crippen LogP contribution in [0, 0.1) is 17.8 Å². The topological polar surface area (TPSA) is 166 Å². The Labute approximate surface area is 212 Å². The van der Waals surface area contributed by atoms with Crippen LogP contribution in [0.25, 0.3) is 0 Å². The number of hydrogen-bond donors (Lipinski definition) is 6. The van der Waals surface area contributed by atoms with Crippen molar-refractivity contribution < 1.29 is 29.1 Å². The summed E-state index contributed by atoms with van der Waals surface area (Å²) in [5.74, 6) is -3.12. The Kier molecular flexibility index (Phi) is 12.7. The van der Waals surface area contributed by atoms with Gasteiger partial charge < -0.3 is 31.7 Å². The Bertz CT molecular complexity index is 854.